The van der Waals surface area contributed by atoms with Crippen LogP contribution >= 0.6 is 0 Å². The molecule has 1 aliphatic heterocycles. The molecule has 6 nitrogen and oxygen atoms in total. The van der Waals surface area contributed by atoms with E-state index in [1.54, 1.807) is 35.2 Å². The van der Waals surface area contributed by atoms with Gasteiger partial charge in [-0.15, -0.1) is 0 Å². The number of carbonyl (C=O) groups is 1. The smallest absolute Gasteiger partial charge is 0.258 e. The maximum absolute atomic E-state index is 14.8. The van der Waals surface area contributed by atoms with Crippen molar-refractivity contribution in [2.24, 2.45) is 0 Å². The van der Waals surface area contributed by atoms with Crippen LogP contribution < -0.4 is 4.90 Å². The highest BCUT2D eigenvalue weighted by molar-refractivity contribution is 6.00. The molecule has 0 atom stereocenters. The largest absolute Gasteiger partial charge is 0.378 e. The zero-order valence-corrected chi connectivity index (χ0v) is 18.1. The van der Waals surface area contributed by atoms with E-state index in [4.69, 9.17) is 4.74 Å². The Morgan fingerprint density at radius 2 is 1.88 bits per heavy atom. The Balaban J connectivity index is 1.54. The minimum absolute atomic E-state index is 0.0631. The summed E-state index contributed by atoms with van der Waals surface area (Å²) >= 11 is 0. The number of halogens is 2. The van der Waals surface area contributed by atoms with Crippen molar-refractivity contribution in [2.45, 2.75) is 25.4 Å². The second-order valence-corrected chi connectivity index (χ2v) is 8.31. The number of ether oxygens (including phenoxy) is 1. The lowest BCUT2D eigenvalue weighted by atomic mass is 10.0. The molecule has 2 aromatic carbocycles. The average Bonchev–Trinajstić information content (AvgIpc) is 3.68. The Morgan fingerprint density at radius 1 is 1.09 bits per heavy atom. The molecule has 33 heavy (non-hydrogen) atoms. The summed E-state index contributed by atoms with van der Waals surface area (Å²) in [6.07, 6.45) is 3.24. The molecule has 1 amide bonds. The van der Waals surface area contributed by atoms with E-state index in [0.29, 0.717) is 37.8 Å². The van der Waals surface area contributed by atoms with Crippen molar-refractivity contribution >= 4 is 11.9 Å². The van der Waals surface area contributed by atoms with Crippen molar-refractivity contribution in [1.29, 1.82) is 0 Å². The van der Waals surface area contributed by atoms with Crippen molar-refractivity contribution in [1.82, 2.24) is 14.9 Å². The van der Waals surface area contributed by atoms with Crippen LogP contribution in [-0.4, -0.2) is 53.1 Å². The van der Waals surface area contributed by atoms with Gasteiger partial charge in [-0.1, -0.05) is 24.3 Å². The molecule has 1 aromatic heterocycles. The number of hydrogen-bond donors (Lipinski definition) is 0. The highest BCUT2D eigenvalue weighted by Gasteiger charge is 2.35. The van der Waals surface area contributed by atoms with Gasteiger partial charge in [0.1, 0.15) is 11.6 Å². The van der Waals surface area contributed by atoms with Crippen LogP contribution in [0.25, 0.3) is 11.3 Å². The van der Waals surface area contributed by atoms with E-state index in [1.165, 1.54) is 24.4 Å². The Kier molecular flexibility index (Phi) is 6.00. The molecule has 8 heteroatoms. The SMILES string of the molecule is O=C(c1cnc(N2CCOCC2)nc1-c1ccccc1F)N(Cc1cccc(F)c1)C1CC1. The van der Waals surface area contributed by atoms with Crippen molar-refractivity contribution < 1.29 is 18.3 Å². The number of nitrogens with zero attached hydrogens (tertiary/aromatic N) is 4. The van der Waals surface area contributed by atoms with E-state index in [-0.39, 0.29) is 41.1 Å². The van der Waals surface area contributed by atoms with Gasteiger partial charge in [-0.3, -0.25) is 4.79 Å². The Morgan fingerprint density at radius 3 is 2.61 bits per heavy atom. The summed E-state index contributed by atoms with van der Waals surface area (Å²) in [7, 11) is 0. The van der Waals surface area contributed by atoms with Crippen LogP contribution in [0.4, 0.5) is 14.7 Å². The zero-order valence-electron chi connectivity index (χ0n) is 18.1. The first-order chi connectivity index (χ1) is 16.1. The molecule has 0 spiro atoms. The van der Waals surface area contributed by atoms with Crippen LogP contribution in [0.2, 0.25) is 0 Å². The number of anilines is 1. The van der Waals surface area contributed by atoms with Gasteiger partial charge in [0.2, 0.25) is 5.95 Å². The fourth-order valence-corrected chi connectivity index (χ4v) is 4.04. The number of rotatable bonds is 6. The Hall–Kier alpha value is -3.39. The monoisotopic (exact) mass is 450 g/mol. The zero-order chi connectivity index (χ0) is 22.8. The second-order valence-electron chi connectivity index (χ2n) is 8.31. The Bertz CT molecular complexity index is 1160. The van der Waals surface area contributed by atoms with Gasteiger partial charge in [0.05, 0.1) is 24.5 Å². The van der Waals surface area contributed by atoms with Crippen LogP contribution in [0, 0.1) is 11.6 Å². The van der Waals surface area contributed by atoms with Crippen molar-refractivity contribution in [3.8, 4) is 11.3 Å². The molecule has 2 heterocycles. The molecule has 2 fully saturated rings. The van der Waals surface area contributed by atoms with Crippen molar-refractivity contribution in [3.05, 3.63) is 77.5 Å². The molecule has 0 radical (unpaired) electrons. The fourth-order valence-electron chi connectivity index (χ4n) is 4.04. The van der Waals surface area contributed by atoms with Crippen LogP contribution in [0.3, 0.4) is 0 Å². The maximum atomic E-state index is 14.8. The molecule has 2 aliphatic rings. The highest BCUT2D eigenvalue weighted by atomic mass is 19.1. The summed E-state index contributed by atoms with van der Waals surface area (Å²) in [5, 5.41) is 0. The van der Waals surface area contributed by atoms with Gasteiger partial charge < -0.3 is 14.5 Å². The molecule has 1 saturated heterocycles. The van der Waals surface area contributed by atoms with Crippen LogP contribution in [-0.2, 0) is 11.3 Å². The number of amides is 1. The topological polar surface area (TPSA) is 58.6 Å². The third-order valence-electron chi connectivity index (χ3n) is 5.92. The number of benzene rings is 2. The summed E-state index contributed by atoms with van der Waals surface area (Å²) in [6.45, 7) is 2.63. The standard InChI is InChI=1S/C25H24F2N4O2/c26-18-5-3-4-17(14-18)16-31(19-8-9-19)24(32)21-15-28-25(30-10-12-33-13-11-30)29-23(21)20-6-1-2-7-22(20)27/h1-7,14-15,19H,8-13,16H2. The van der Waals surface area contributed by atoms with Gasteiger partial charge in [0.15, 0.2) is 0 Å². The fraction of sp³-hybridized carbons (Fsp3) is 0.320. The minimum atomic E-state index is -0.457. The summed E-state index contributed by atoms with van der Waals surface area (Å²) in [6, 6.07) is 12.6. The summed E-state index contributed by atoms with van der Waals surface area (Å²) in [5.41, 5.74) is 1.45. The molecule has 0 N–H and O–H groups in total. The molecule has 3 aromatic rings. The third-order valence-corrected chi connectivity index (χ3v) is 5.92. The van der Waals surface area contributed by atoms with Crippen molar-refractivity contribution in [2.75, 3.05) is 31.2 Å². The van der Waals surface area contributed by atoms with E-state index in [0.717, 1.165) is 12.8 Å². The lowest BCUT2D eigenvalue weighted by Gasteiger charge is -2.28. The Labute approximate surface area is 190 Å². The van der Waals surface area contributed by atoms with Gasteiger partial charge in [0, 0.05) is 37.4 Å². The van der Waals surface area contributed by atoms with E-state index in [2.05, 4.69) is 9.97 Å². The van der Waals surface area contributed by atoms with Gasteiger partial charge in [-0.05, 0) is 42.7 Å². The van der Waals surface area contributed by atoms with Gasteiger partial charge in [-0.2, -0.15) is 0 Å². The molecule has 0 bridgehead atoms. The average molecular weight is 450 g/mol. The van der Waals surface area contributed by atoms with Crippen LogP contribution in [0.5, 0.6) is 0 Å². The molecular formula is C25H24F2N4O2. The normalized spacial score (nSPS) is 16.0. The first kappa shape index (κ1) is 21.5. The summed E-state index contributed by atoms with van der Waals surface area (Å²) in [4.78, 5) is 26.5. The van der Waals surface area contributed by atoms with Gasteiger partial charge in [0.25, 0.3) is 5.91 Å². The summed E-state index contributed by atoms with van der Waals surface area (Å²) in [5.74, 6) is -0.646. The lowest BCUT2D eigenvalue weighted by Crippen LogP contribution is -2.38. The second kappa shape index (κ2) is 9.23. The van der Waals surface area contributed by atoms with Crippen molar-refractivity contribution in [3.63, 3.8) is 0 Å². The highest BCUT2D eigenvalue weighted by Crippen LogP contribution is 2.33. The molecule has 1 aliphatic carbocycles. The molecule has 170 valence electrons. The number of aromatic nitrogens is 2. The quantitative estimate of drug-likeness (QED) is 0.567. The first-order valence-electron chi connectivity index (χ1n) is 11.1. The first-order valence-corrected chi connectivity index (χ1v) is 11.1. The molecule has 1 saturated carbocycles. The van der Waals surface area contributed by atoms with Gasteiger partial charge >= 0.3 is 0 Å². The maximum Gasteiger partial charge on any atom is 0.258 e. The van der Waals surface area contributed by atoms with E-state index in [1.807, 2.05) is 4.90 Å². The van der Waals surface area contributed by atoms with Gasteiger partial charge in [-0.25, -0.2) is 18.7 Å². The predicted octanol–water partition coefficient (Wildman–Crippen LogP) is 4.06. The number of carbonyl (C=O) groups excluding carboxylic acids is 1. The molecular weight excluding hydrogens is 426 g/mol. The minimum Gasteiger partial charge on any atom is -0.378 e. The third kappa shape index (κ3) is 4.71. The summed E-state index contributed by atoms with van der Waals surface area (Å²) < 4.78 is 33.9. The number of morpholine rings is 1. The van der Waals surface area contributed by atoms with Crippen LogP contribution in [0.1, 0.15) is 28.8 Å². The van der Waals surface area contributed by atoms with E-state index < -0.39 is 5.82 Å². The number of hydrogen-bond acceptors (Lipinski definition) is 5. The van der Waals surface area contributed by atoms with E-state index >= 15 is 0 Å². The molecule has 0 unspecified atom stereocenters. The lowest BCUT2D eigenvalue weighted by molar-refractivity contribution is 0.0729. The molecule has 5 rings (SSSR count). The van der Waals surface area contributed by atoms with Crippen LogP contribution in [0.15, 0.2) is 54.7 Å². The predicted molar refractivity (Wildman–Crippen MR) is 120 cm³/mol. The van der Waals surface area contributed by atoms with E-state index in [9.17, 15) is 13.6 Å².